The van der Waals surface area contributed by atoms with Gasteiger partial charge in [0.05, 0.1) is 11.5 Å². The Hall–Kier alpha value is -1.41. The number of thiophene rings is 1. The zero-order valence-corrected chi connectivity index (χ0v) is 13.6. The monoisotopic (exact) mass is 358 g/mol. The maximum atomic E-state index is 11.2. The van der Waals surface area contributed by atoms with Crippen LogP contribution in [0, 0.1) is 17.0 Å². The molecule has 0 spiro atoms. The Kier molecular flexibility index (Phi) is 4.77. The van der Waals surface area contributed by atoms with Gasteiger partial charge in [0.15, 0.2) is 0 Å². The molecule has 2 aromatic rings. The van der Waals surface area contributed by atoms with Crippen molar-refractivity contribution in [2.75, 3.05) is 5.32 Å². The third-order valence-electron chi connectivity index (χ3n) is 2.77. The van der Waals surface area contributed by atoms with E-state index in [9.17, 15) is 10.1 Å². The number of anilines is 1. The van der Waals surface area contributed by atoms with Crippen LogP contribution in [-0.2, 0) is 13.1 Å². The second-order valence-electron chi connectivity index (χ2n) is 4.35. The fourth-order valence-corrected chi connectivity index (χ4v) is 3.35. The third-order valence-corrected chi connectivity index (χ3v) is 4.46. The normalized spacial score (nSPS) is 10.8. The Balaban J connectivity index is 2.25. The van der Waals surface area contributed by atoms with Crippen molar-refractivity contribution in [1.82, 2.24) is 9.78 Å². The SMILES string of the molecule is CCCn1nc(C)c([N+](=O)[O-])c1NCc1cc(Br)cs1. The van der Waals surface area contributed by atoms with E-state index in [0.29, 0.717) is 24.6 Å². The summed E-state index contributed by atoms with van der Waals surface area (Å²) in [6.45, 7) is 4.89. The van der Waals surface area contributed by atoms with Gasteiger partial charge in [0, 0.05) is 21.3 Å². The maximum Gasteiger partial charge on any atom is 0.333 e. The smallest absolute Gasteiger partial charge is 0.333 e. The molecule has 2 heterocycles. The molecule has 6 nitrogen and oxygen atoms in total. The van der Waals surface area contributed by atoms with Gasteiger partial charge in [-0.15, -0.1) is 11.3 Å². The second kappa shape index (κ2) is 6.36. The quantitative estimate of drug-likeness (QED) is 0.626. The number of aromatic nitrogens is 2. The van der Waals surface area contributed by atoms with Crippen molar-refractivity contribution in [3.05, 3.63) is 36.6 Å². The van der Waals surface area contributed by atoms with Gasteiger partial charge in [0.25, 0.3) is 0 Å². The van der Waals surface area contributed by atoms with E-state index < -0.39 is 0 Å². The largest absolute Gasteiger partial charge is 0.360 e. The van der Waals surface area contributed by atoms with Gasteiger partial charge in [-0.1, -0.05) is 6.92 Å². The summed E-state index contributed by atoms with van der Waals surface area (Å²) in [5.74, 6) is 0.485. The summed E-state index contributed by atoms with van der Waals surface area (Å²) in [4.78, 5) is 11.9. The number of hydrogen-bond acceptors (Lipinski definition) is 5. The topological polar surface area (TPSA) is 73.0 Å². The minimum Gasteiger partial charge on any atom is -0.360 e. The number of aryl methyl sites for hydroxylation is 2. The molecule has 0 saturated heterocycles. The molecule has 20 heavy (non-hydrogen) atoms. The molecule has 0 fully saturated rings. The Bertz CT molecular complexity index is 623. The van der Waals surface area contributed by atoms with Crippen LogP contribution in [0.2, 0.25) is 0 Å². The van der Waals surface area contributed by atoms with Gasteiger partial charge in [0.1, 0.15) is 5.69 Å². The van der Waals surface area contributed by atoms with E-state index >= 15 is 0 Å². The first kappa shape index (κ1) is 15.0. The molecule has 0 amide bonds. The van der Waals surface area contributed by atoms with Gasteiger partial charge < -0.3 is 5.32 Å². The molecular formula is C12H15BrN4O2S. The molecule has 0 aromatic carbocycles. The summed E-state index contributed by atoms with van der Waals surface area (Å²) in [5, 5.41) is 20.6. The first-order chi connectivity index (χ1) is 9.52. The van der Waals surface area contributed by atoms with Gasteiger partial charge in [-0.3, -0.25) is 10.1 Å². The zero-order valence-electron chi connectivity index (χ0n) is 11.2. The van der Waals surface area contributed by atoms with Crippen LogP contribution in [0.3, 0.4) is 0 Å². The van der Waals surface area contributed by atoms with Crippen LogP contribution in [0.25, 0.3) is 0 Å². The van der Waals surface area contributed by atoms with E-state index in [4.69, 9.17) is 0 Å². The number of nitrogens with zero attached hydrogens (tertiary/aromatic N) is 3. The molecule has 108 valence electrons. The molecule has 0 aliphatic heterocycles. The standard InChI is InChI=1S/C12H15BrN4O2S/c1-3-4-16-12(11(17(18)19)8(2)15-16)14-6-10-5-9(13)7-20-10/h5,7,14H,3-4,6H2,1-2H3. The van der Waals surface area contributed by atoms with E-state index in [1.807, 2.05) is 18.4 Å². The lowest BCUT2D eigenvalue weighted by atomic mass is 10.3. The highest BCUT2D eigenvalue weighted by molar-refractivity contribution is 9.10. The molecule has 0 unspecified atom stereocenters. The van der Waals surface area contributed by atoms with Crippen LogP contribution >= 0.6 is 27.3 Å². The fraction of sp³-hybridized carbons (Fsp3) is 0.417. The molecule has 0 atom stereocenters. The predicted octanol–water partition coefficient (Wildman–Crippen LogP) is 3.95. The van der Waals surface area contributed by atoms with Crippen molar-refractivity contribution in [2.45, 2.75) is 33.4 Å². The molecule has 0 aliphatic carbocycles. The lowest BCUT2D eigenvalue weighted by Crippen LogP contribution is -2.08. The van der Waals surface area contributed by atoms with Crippen LogP contribution in [0.4, 0.5) is 11.5 Å². The summed E-state index contributed by atoms with van der Waals surface area (Å²) >= 11 is 5.00. The average Bonchev–Trinajstić information content (AvgIpc) is 2.91. The van der Waals surface area contributed by atoms with Gasteiger partial charge in [-0.2, -0.15) is 5.10 Å². The van der Waals surface area contributed by atoms with Gasteiger partial charge in [-0.05, 0) is 35.3 Å². The van der Waals surface area contributed by atoms with E-state index in [2.05, 4.69) is 26.3 Å². The molecule has 8 heteroatoms. The average molecular weight is 359 g/mol. The molecular weight excluding hydrogens is 344 g/mol. The van der Waals surface area contributed by atoms with Crippen LogP contribution in [-0.4, -0.2) is 14.7 Å². The van der Waals surface area contributed by atoms with Gasteiger partial charge in [0.2, 0.25) is 5.82 Å². The Morgan fingerprint density at radius 1 is 1.60 bits per heavy atom. The van der Waals surface area contributed by atoms with Gasteiger partial charge >= 0.3 is 5.69 Å². The first-order valence-corrected chi connectivity index (χ1v) is 7.88. The molecule has 2 aromatic heterocycles. The number of nitrogens with one attached hydrogen (secondary N) is 1. The minimum atomic E-state index is -0.374. The Morgan fingerprint density at radius 2 is 2.35 bits per heavy atom. The zero-order chi connectivity index (χ0) is 14.7. The summed E-state index contributed by atoms with van der Waals surface area (Å²) in [5.41, 5.74) is 0.507. The van der Waals surface area contributed by atoms with Crippen LogP contribution in [0.15, 0.2) is 15.9 Å². The van der Waals surface area contributed by atoms with E-state index in [-0.39, 0.29) is 10.6 Å². The number of nitro groups is 1. The second-order valence-corrected chi connectivity index (χ2v) is 6.26. The molecule has 0 bridgehead atoms. The molecule has 0 saturated carbocycles. The number of hydrogen-bond donors (Lipinski definition) is 1. The summed E-state index contributed by atoms with van der Waals surface area (Å²) < 4.78 is 2.70. The molecule has 2 rings (SSSR count). The van der Waals surface area contributed by atoms with Crippen LogP contribution < -0.4 is 5.32 Å². The van der Waals surface area contributed by atoms with Gasteiger partial charge in [-0.25, -0.2) is 4.68 Å². The minimum absolute atomic E-state index is 0.0640. The van der Waals surface area contributed by atoms with Crippen LogP contribution in [0.1, 0.15) is 23.9 Å². The van der Waals surface area contributed by atoms with E-state index in [1.54, 1.807) is 22.9 Å². The van der Waals surface area contributed by atoms with Crippen molar-refractivity contribution in [3.8, 4) is 0 Å². The fourth-order valence-electron chi connectivity index (χ4n) is 1.96. The van der Waals surface area contributed by atoms with Crippen molar-refractivity contribution in [2.24, 2.45) is 0 Å². The lowest BCUT2D eigenvalue weighted by molar-refractivity contribution is -0.384. The van der Waals surface area contributed by atoms with Crippen molar-refractivity contribution < 1.29 is 4.92 Å². The summed E-state index contributed by atoms with van der Waals surface area (Å²) in [6, 6.07) is 2.00. The Labute approximate surface area is 129 Å². The highest BCUT2D eigenvalue weighted by atomic mass is 79.9. The first-order valence-electron chi connectivity index (χ1n) is 6.21. The van der Waals surface area contributed by atoms with E-state index in [1.165, 1.54) is 0 Å². The number of halogens is 1. The molecule has 1 N–H and O–H groups in total. The highest BCUT2D eigenvalue weighted by Gasteiger charge is 2.24. The van der Waals surface area contributed by atoms with Crippen LogP contribution in [0.5, 0.6) is 0 Å². The third kappa shape index (κ3) is 3.18. The maximum absolute atomic E-state index is 11.2. The summed E-state index contributed by atoms with van der Waals surface area (Å²) in [7, 11) is 0. The Morgan fingerprint density at radius 3 is 2.90 bits per heavy atom. The predicted molar refractivity (Wildman–Crippen MR) is 83.3 cm³/mol. The summed E-state index contributed by atoms with van der Waals surface area (Å²) in [6.07, 6.45) is 0.873. The molecule has 0 radical (unpaired) electrons. The van der Waals surface area contributed by atoms with E-state index in [0.717, 1.165) is 15.8 Å². The number of rotatable bonds is 6. The van der Waals surface area contributed by atoms with Crippen molar-refractivity contribution in [3.63, 3.8) is 0 Å². The van der Waals surface area contributed by atoms with Crippen molar-refractivity contribution in [1.29, 1.82) is 0 Å². The van der Waals surface area contributed by atoms with Crippen molar-refractivity contribution >= 4 is 38.8 Å². The lowest BCUT2D eigenvalue weighted by Gasteiger charge is -2.07. The molecule has 0 aliphatic rings. The highest BCUT2D eigenvalue weighted by Crippen LogP contribution is 2.29.